The van der Waals surface area contributed by atoms with E-state index in [9.17, 15) is 14.7 Å². The molecule has 0 aliphatic carbocycles. The van der Waals surface area contributed by atoms with Crippen LogP contribution in [0.5, 0.6) is 11.5 Å². The quantitative estimate of drug-likeness (QED) is 0.365. The first-order valence-electron chi connectivity index (χ1n) is 11.1. The molecule has 8 nitrogen and oxygen atoms in total. The number of anilines is 1. The standard InChI is InChI=1S/C26H27N3O5S/c1-6-28(25(32)24-16(3)17-9-7-8-10-20(17)29(24)13-23(30)31)26-27-19(14-35-26)18-12-21(33-4)15(2)11-22(18)34-5/h7-12,14H,6,13H2,1-5H3,(H,30,31). The molecule has 0 bridgehead atoms. The van der Waals surface area contributed by atoms with Gasteiger partial charge < -0.3 is 19.1 Å². The second-order valence-electron chi connectivity index (χ2n) is 8.06. The third kappa shape index (κ3) is 4.35. The van der Waals surface area contributed by atoms with E-state index in [0.29, 0.717) is 40.1 Å². The van der Waals surface area contributed by atoms with Gasteiger partial charge in [-0.3, -0.25) is 14.5 Å². The van der Waals surface area contributed by atoms with Crippen molar-refractivity contribution in [1.29, 1.82) is 0 Å². The lowest BCUT2D eigenvalue weighted by molar-refractivity contribution is -0.137. The van der Waals surface area contributed by atoms with Crippen molar-refractivity contribution in [3.8, 4) is 22.8 Å². The normalized spacial score (nSPS) is 11.0. The maximum Gasteiger partial charge on any atom is 0.323 e. The van der Waals surface area contributed by atoms with Gasteiger partial charge in [0.15, 0.2) is 5.13 Å². The number of thiazole rings is 1. The number of amides is 1. The zero-order valence-corrected chi connectivity index (χ0v) is 21.1. The number of carbonyl (C=O) groups is 2. The second kappa shape index (κ2) is 9.79. The van der Waals surface area contributed by atoms with Gasteiger partial charge in [0, 0.05) is 28.4 Å². The Morgan fingerprint density at radius 2 is 1.83 bits per heavy atom. The molecule has 0 aliphatic heterocycles. The van der Waals surface area contributed by atoms with Crippen molar-refractivity contribution in [2.75, 3.05) is 25.7 Å². The minimum absolute atomic E-state index is 0.295. The number of hydrogen-bond acceptors (Lipinski definition) is 6. The van der Waals surface area contributed by atoms with Crippen LogP contribution in [-0.4, -0.2) is 47.3 Å². The molecule has 0 aliphatic rings. The lowest BCUT2D eigenvalue weighted by Crippen LogP contribution is -2.33. The Labute approximate surface area is 207 Å². The Kier molecular flexibility index (Phi) is 6.79. The topological polar surface area (TPSA) is 93.9 Å². The van der Waals surface area contributed by atoms with Gasteiger partial charge in [0.25, 0.3) is 5.91 Å². The van der Waals surface area contributed by atoms with Crippen LogP contribution in [0.3, 0.4) is 0 Å². The number of fused-ring (bicyclic) bond motifs is 1. The van der Waals surface area contributed by atoms with Gasteiger partial charge in [0.2, 0.25) is 0 Å². The number of nitrogens with zero attached hydrogens (tertiary/aromatic N) is 3. The maximum atomic E-state index is 13.8. The number of carbonyl (C=O) groups excluding carboxylic acids is 1. The summed E-state index contributed by atoms with van der Waals surface area (Å²) in [5.41, 5.74) is 4.17. The van der Waals surface area contributed by atoms with Gasteiger partial charge in [-0.05, 0) is 50.1 Å². The van der Waals surface area contributed by atoms with Crippen molar-refractivity contribution in [2.45, 2.75) is 27.3 Å². The van der Waals surface area contributed by atoms with Crippen molar-refractivity contribution < 1.29 is 24.2 Å². The molecule has 1 amide bonds. The molecule has 182 valence electrons. The summed E-state index contributed by atoms with van der Waals surface area (Å²) in [6.45, 7) is 5.71. The van der Waals surface area contributed by atoms with Crippen molar-refractivity contribution in [2.24, 2.45) is 0 Å². The van der Waals surface area contributed by atoms with Crippen LogP contribution in [0.25, 0.3) is 22.2 Å². The fraction of sp³-hybridized carbons (Fsp3) is 0.269. The van der Waals surface area contributed by atoms with E-state index in [1.54, 1.807) is 23.7 Å². The Morgan fingerprint density at radius 1 is 1.11 bits per heavy atom. The maximum absolute atomic E-state index is 13.8. The minimum Gasteiger partial charge on any atom is -0.496 e. The monoisotopic (exact) mass is 493 g/mol. The van der Waals surface area contributed by atoms with Crippen LogP contribution in [0.4, 0.5) is 5.13 Å². The second-order valence-corrected chi connectivity index (χ2v) is 8.89. The van der Waals surface area contributed by atoms with E-state index >= 15 is 0 Å². The van der Waals surface area contributed by atoms with E-state index in [1.165, 1.54) is 11.3 Å². The molecule has 0 unspecified atom stereocenters. The number of rotatable bonds is 8. The molecule has 0 atom stereocenters. The highest BCUT2D eigenvalue weighted by Crippen LogP contribution is 2.38. The summed E-state index contributed by atoms with van der Waals surface area (Å²) in [5.74, 6) is 0.0659. The minimum atomic E-state index is -1.01. The van der Waals surface area contributed by atoms with Gasteiger partial charge in [-0.2, -0.15) is 0 Å². The number of hydrogen-bond donors (Lipinski definition) is 1. The van der Waals surface area contributed by atoms with Gasteiger partial charge in [-0.25, -0.2) is 4.98 Å². The molecule has 0 fully saturated rings. The smallest absolute Gasteiger partial charge is 0.323 e. The molecular weight excluding hydrogens is 466 g/mol. The number of ether oxygens (including phenoxy) is 2. The Balaban J connectivity index is 1.78. The molecule has 4 aromatic rings. The summed E-state index contributed by atoms with van der Waals surface area (Å²) in [7, 11) is 3.21. The third-order valence-electron chi connectivity index (χ3n) is 6.00. The zero-order valence-electron chi connectivity index (χ0n) is 20.3. The lowest BCUT2D eigenvalue weighted by Gasteiger charge is -2.19. The first kappa shape index (κ1) is 24.3. The fourth-order valence-electron chi connectivity index (χ4n) is 4.31. The molecule has 0 radical (unpaired) electrons. The summed E-state index contributed by atoms with van der Waals surface area (Å²) >= 11 is 1.34. The van der Waals surface area contributed by atoms with Crippen molar-refractivity contribution in [1.82, 2.24) is 9.55 Å². The van der Waals surface area contributed by atoms with Crippen LogP contribution in [0.2, 0.25) is 0 Å². The molecule has 1 N–H and O–H groups in total. The predicted molar refractivity (Wildman–Crippen MR) is 137 cm³/mol. The fourth-order valence-corrected chi connectivity index (χ4v) is 5.19. The van der Waals surface area contributed by atoms with Gasteiger partial charge in [0.05, 0.1) is 19.9 Å². The van der Waals surface area contributed by atoms with Crippen molar-refractivity contribution in [3.05, 3.63) is 58.6 Å². The number of aliphatic carboxylic acids is 1. The average Bonchev–Trinajstić information content (AvgIpc) is 3.42. The van der Waals surface area contributed by atoms with E-state index in [-0.39, 0.29) is 12.5 Å². The van der Waals surface area contributed by atoms with Crippen LogP contribution in [0.1, 0.15) is 28.5 Å². The summed E-state index contributed by atoms with van der Waals surface area (Å²) < 4.78 is 12.6. The number of aryl methyl sites for hydroxylation is 2. The molecule has 4 rings (SSSR count). The average molecular weight is 494 g/mol. The first-order valence-corrected chi connectivity index (χ1v) is 12.0. The molecule has 35 heavy (non-hydrogen) atoms. The zero-order chi connectivity index (χ0) is 25.3. The van der Waals surface area contributed by atoms with E-state index < -0.39 is 5.97 Å². The third-order valence-corrected chi connectivity index (χ3v) is 6.86. The van der Waals surface area contributed by atoms with Crippen LogP contribution < -0.4 is 14.4 Å². The summed E-state index contributed by atoms with van der Waals surface area (Å²) in [6.07, 6.45) is 0. The van der Waals surface area contributed by atoms with E-state index in [0.717, 1.165) is 22.1 Å². The number of carboxylic acids is 1. The Morgan fingerprint density at radius 3 is 2.49 bits per heavy atom. The first-order chi connectivity index (χ1) is 16.8. The predicted octanol–water partition coefficient (Wildman–Crippen LogP) is 5.15. The molecule has 0 saturated carbocycles. The van der Waals surface area contributed by atoms with Gasteiger partial charge in [-0.15, -0.1) is 11.3 Å². The lowest BCUT2D eigenvalue weighted by atomic mass is 10.1. The molecule has 2 aromatic heterocycles. The number of para-hydroxylation sites is 1. The summed E-state index contributed by atoms with van der Waals surface area (Å²) in [5, 5.41) is 12.8. The van der Waals surface area contributed by atoms with Crippen LogP contribution >= 0.6 is 11.3 Å². The van der Waals surface area contributed by atoms with E-state index in [2.05, 4.69) is 0 Å². The summed E-state index contributed by atoms with van der Waals surface area (Å²) in [6, 6.07) is 11.2. The molecule has 2 heterocycles. The molecule has 2 aromatic carbocycles. The number of methoxy groups -OCH3 is 2. The molecule has 0 spiro atoms. The Hall–Kier alpha value is -3.85. The number of aromatic nitrogens is 2. The number of benzene rings is 2. The highest BCUT2D eigenvalue weighted by Gasteiger charge is 2.28. The largest absolute Gasteiger partial charge is 0.496 e. The SMILES string of the molecule is CCN(C(=O)c1c(C)c2ccccc2n1CC(=O)O)c1nc(-c2cc(OC)c(C)cc2OC)cs1. The highest BCUT2D eigenvalue weighted by atomic mass is 32.1. The van der Waals surface area contributed by atoms with Gasteiger partial charge >= 0.3 is 5.97 Å². The van der Waals surface area contributed by atoms with Gasteiger partial charge in [0.1, 0.15) is 23.7 Å². The van der Waals surface area contributed by atoms with Crippen LogP contribution in [-0.2, 0) is 11.3 Å². The van der Waals surface area contributed by atoms with Gasteiger partial charge in [-0.1, -0.05) is 18.2 Å². The molecule has 0 saturated heterocycles. The van der Waals surface area contributed by atoms with E-state index in [4.69, 9.17) is 14.5 Å². The van der Waals surface area contributed by atoms with Crippen molar-refractivity contribution in [3.63, 3.8) is 0 Å². The number of carboxylic acid groups (broad SMARTS) is 1. The van der Waals surface area contributed by atoms with Crippen LogP contribution in [0.15, 0.2) is 41.8 Å². The Bertz CT molecular complexity index is 1420. The molecular formula is C26H27N3O5S. The van der Waals surface area contributed by atoms with Crippen LogP contribution in [0, 0.1) is 13.8 Å². The molecule has 9 heteroatoms. The van der Waals surface area contributed by atoms with Crippen molar-refractivity contribution >= 4 is 39.2 Å². The van der Waals surface area contributed by atoms with E-state index in [1.807, 2.05) is 62.5 Å². The highest BCUT2D eigenvalue weighted by molar-refractivity contribution is 7.14. The summed E-state index contributed by atoms with van der Waals surface area (Å²) in [4.78, 5) is 31.8.